The Morgan fingerprint density at radius 2 is 1.65 bits per heavy atom. The van der Waals surface area contributed by atoms with Crippen molar-refractivity contribution in [1.82, 2.24) is 15.4 Å². The van der Waals surface area contributed by atoms with Gasteiger partial charge in [0.05, 0.1) is 11.3 Å². The fourth-order valence-corrected chi connectivity index (χ4v) is 3.12. The zero-order valence-electron chi connectivity index (χ0n) is 14.3. The smallest absolute Gasteiger partial charge is 0.271 e. The summed E-state index contributed by atoms with van der Waals surface area (Å²) in [6.45, 7) is 0. The molecule has 6 heteroatoms. The fraction of sp³-hybridized carbons (Fsp3) is 0.100. The number of hydrazine groups is 1. The number of nitrogens with zero attached hydrogens (tertiary/aromatic N) is 1. The number of carbonyl (C=O) groups excluding carboxylic acids is 2. The Morgan fingerprint density at radius 3 is 2.42 bits per heavy atom. The number of hydrogen-bond acceptors (Lipinski definition) is 3. The molecule has 0 aliphatic carbocycles. The highest BCUT2D eigenvalue weighted by atomic mass is 32.2. The molecule has 2 aromatic carbocycles. The third-order valence-corrected chi connectivity index (χ3v) is 4.44. The summed E-state index contributed by atoms with van der Waals surface area (Å²) in [5.41, 5.74) is 7.77. The Hall–Kier alpha value is -2.99. The second-order valence-electron chi connectivity index (χ2n) is 5.65. The predicted octanol–water partition coefficient (Wildman–Crippen LogP) is 3.42. The third-order valence-electron chi connectivity index (χ3n) is 3.82. The maximum atomic E-state index is 12.5. The summed E-state index contributed by atoms with van der Waals surface area (Å²) in [5.74, 6) is 0.111. The van der Waals surface area contributed by atoms with Crippen LogP contribution in [0.25, 0.3) is 5.69 Å². The van der Waals surface area contributed by atoms with Gasteiger partial charge < -0.3 is 4.57 Å². The van der Waals surface area contributed by atoms with Gasteiger partial charge >= 0.3 is 0 Å². The average Bonchev–Trinajstić information content (AvgIpc) is 3.21. The Morgan fingerprint density at radius 1 is 0.923 bits per heavy atom. The molecule has 132 valence electrons. The first kappa shape index (κ1) is 17.8. The van der Waals surface area contributed by atoms with Crippen molar-refractivity contribution in [3.05, 3.63) is 89.7 Å². The SMILES string of the molecule is CSCc1cccc(C(=O)NNC(=O)c2ccccc2-n2cccc2)c1. The van der Waals surface area contributed by atoms with Crippen LogP contribution in [-0.4, -0.2) is 22.6 Å². The van der Waals surface area contributed by atoms with Crippen molar-refractivity contribution < 1.29 is 9.59 Å². The Balaban J connectivity index is 1.70. The van der Waals surface area contributed by atoms with Crippen LogP contribution in [0.4, 0.5) is 0 Å². The second-order valence-corrected chi connectivity index (χ2v) is 6.52. The molecule has 2 amide bonds. The molecule has 3 aromatic rings. The highest BCUT2D eigenvalue weighted by Gasteiger charge is 2.13. The van der Waals surface area contributed by atoms with Gasteiger partial charge in [-0.3, -0.25) is 20.4 Å². The zero-order valence-corrected chi connectivity index (χ0v) is 15.1. The van der Waals surface area contributed by atoms with Gasteiger partial charge in [0, 0.05) is 23.7 Å². The summed E-state index contributed by atoms with van der Waals surface area (Å²) in [7, 11) is 0. The van der Waals surface area contributed by atoms with Crippen molar-refractivity contribution in [2.75, 3.05) is 6.26 Å². The fourth-order valence-electron chi connectivity index (χ4n) is 2.61. The molecule has 1 aromatic heterocycles. The molecule has 5 nitrogen and oxygen atoms in total. The summed E-state index contributed by atoms with van der Waals surface area (Å²) in [4.78, 5) is 24.8. The van der Waals surface area contributed by atoms with Crippen LogP contribution in [0.5, 0.6) is 0 Å². The van der Waals surface area contributed by atoms with Crippen molar-refractivity contribution in [2.24, 2.45) is 0 Å². The van der Waals surface area contributed by atoms with E-state index in [0.29, 0.717) is 11.1 Å². The van der Waals surface area contributed by atoms with Crippen molar-refractivity contribution in [2.45, 2.75) is 5.75 Å². The quantitative estimate of drug-likeness (QED) is 0.681. The van der Waals surface area contributed by atoms with E-state index >= 15 is 0 Å². The van der Waals surface area contributed by atoms with Gasteiger partial charge in [0.15, 0.2) is 0 Å². The van der Waals surface area contributed by atoms with Crippen molar-refractivity contribution in [3.63, 3.8) is 0 Å². The topological polar surface area (TPSA) is 63.1 Å². The summed E-state index contributed by atoms with van der Waals surface area (Å²) < 4.78 is 1.85. The molecule has 0 saturated carbocycles. The van der Waals surface area contributed by atoms with Gasteiger partial charge in [0.25, 0.3) is 11.8 Å². The third kappa shape index (κ3) is 4.15. The van der Waals surface area contributed by atoms with E-state index in [1.165, 1.54) is 0 Å². The first-order valence-electron chi connectivity index (χ1n) is 8.10. The zero-order chi connectivity index (χ0) is 18.4. The minimum atomic E-state index is -0.372. The van der Waals surface area contributed by atoms with E-state index in [9.17, 15) is 9.59 Å². The number of para-hydroxylation sites is 1. The molecule has 0 radical (unpaired) electrons. The van der Waals surface area contributed by atoms with Crippen LogP contribution in [0.3, 0.4) is 0 Å². The molecule has 26 heavy (non-hydrogen) atoms. The number of carbonyl (C=O) groups is 2. The van der Waals surface area contributed by atoms with E-state index in [-0.39, 0.29) is 11.8 Å². The van der Waals surface area contributed by atoms with Gasteiger partial charge in [-0.2, -0.15) is 11.8 Å². The maximum Gasteiger partial charge on any atom is 0.271 e. The maximum absolute atomic E-state index is 12.5. The lowest BCUT2D eigenvalue weighted by molar-refractivity contribution is 0.0846. The van der Waals surface area contributed by atoms with Gasteiger partial charge in [-0.15, -0.1) is 0 Å². The molecule has 0 spiro atoms. The normalized spacial score (nSPS) is 10.3. The average molecular weight is 365 g/mol. The molecule has 0 aliphatic heterocycles. The van der Waals surface area contributed by atoms with E-state index < -0.39 is 0 Å². The molecule has 2 N–H and O–H groups in total. The second kappa shape index (κ2) is 8.40. The Kier molecular flexibility index (Phi) is 5.76. The molecule has 0 atom stereocenters. The van der Waals surface area contributed by atoms with Crippen LogP contribution < -0.4 is 10.9 Å². The predicted molar refractivity (Wildman–Crippen MR) is 104 cm³/mol. The summed E-state index contributed by atoms with van der Waals surface area (Å²) in [6, 6.07) is 18.3. The first-order chi connectivity index (χ1) is 12.7. The lowest BCUT2D eigenvalue weighted by atomic mass is 10.1. The van der Waals surface area contributed by atoms with Gasteiger partial charge in [-0.1, -0.05) is 24.3 Å². The highest BCUT2D eigenvalue weighted by molar-refractivity contribution is 7.97. The molecule has 0 fully saturated rings. The molecule has 0 unspecified atom stereocenters. The van der Waals surface area contributed by atoms with Gasteiger partial charge in [-0.05, 0) is 48.2 Å². The number of benzene rings is 2. The van der Waals surface area contributed by atoms with Crippen LogP contribution in [-0.2, 0) is 5.75 Å². The number of thioether (sulfide) groups is 1. The molecule has 0 aliphatic rings. The van der Waals surface area contributed by atoms with Gasteiger partial charge in [-0.25, -0.2) is 0 Å². The molecular weight excluding hydrogens is 346 g/mol. The minimum Gasteiger partial charge on any atom is -0.323 e. The molecule has 0 bridgehead atoms. The highest BCUT2D eigenvalue weighted by Crippen LogP contribution is 2.14. The van der Waals surface area contributed by atoms with Crippen molar-refractivity contribution >= 4 is 23.6 Å². The van der Waals surface area contributed by atoms with Crippen molar-refractivity contribution in [1.29, 1.82) is 0 Å². The molecule has 3 rings (SSSR count). The number of amides is 2. The lowest BCUT2D eigenvalue weighted by Crippen LogP contribution is -2.42. The molecular formula is C20H19N3O2S. The van der Waals surface area contributed by atoms with E-state index in [4.69, 9.17) is 0 Å². The van der Waals surface area contributed by atoms with Crippen molar-refractivity contribution in [3.8, 4) is 5.69 Å². The number of nitrogens with one attached hydrogen (secondary N) is 2. The number of rotatable bonds is 5. The van der Waals surface area contributed by atoms with E-state index in [2.05, 4.69) is 10.9 Å². The largest absolute Gasteiger partial charge is 0.323 e. The van der Waals surface area contributed by atoms with E-state index in [1.54, 1.807) is 30.0 Å². The van der Waals surface area contributed by atoms with Crippen LogP contribution in [0.15, 0.2) is 73.1 Å². The number of hydrogen-bond donors (Lipinski definition) is 2. The van der Waals surface area contributed by atoms with Crippen LogP contribution in [0.2, 0.25) is 0 Å². The minimum absolute atomic E-state index is 0.347. The van der Waals surface area contributed by atoms with Gasteiger partial charge in [0.2, 0.25) is 0 Å². The number of aromatic nitrogens is 1. The van der Waals surface area contributed by atoms with Crippen LogP contribution in [0.1, 0.15) is 26.3 Å². The van der Waals surface area contributed by atoms with Crippen LogP contribution in [0, 0.1) is 0 Å². The lowest BCUT2D eigenvalue weighted by Gasteiger charge is -2.12. The Bertz CT molecular complexity index is 907. The van der Waals surface area contributed by atoms with E-state index in [1.807, 2.05) is 65.7 Å². The van der Waals surface area contributed by atoms with Gasteiger partial charge in [0.1, 0.15) is 0 Å². The Labute approximate surface area is 156 Å². The molecule has 0 saturated heterocycles. The standard InChI is InChI=1S/C20H19N3O2S/c1-26-14-15-7-6-8-16(13-15)19(24)21-22-20(25)17-9-2-3-10-18(17)23-11-4-5-12-23/h2-13H,14H2,1H3,(H,21,24)(H,22,25). The first-order valence-corrected chi connectivity index (χ1v) is 9.49. The van der Waals surface area contributed by atoms with Crippen LogP contribution >= 0.6 is 11.8 Å². The monoisotopic (exact) mass is 365 g/mol. The summed E-state index contributed by atoms with van der Waals surface area (Å²) in [5, 5.41) is 0. The molecule has 1 heterocycles. The summed E-state index contributed by atoms with van der Waals surface area (Å²) >= 11 is 1.69. The summed E-state index contributed by atoms with van der Waals surface area (Å²) in [6.07, 6.45) is 5.74. The van der Waals surface area contributed by atoms with E-state index in [0.717, 1.165) is 17.0 Å².